The zero-order chi connectivity index (χ0) is 25.2. The van der Waals surface area contributed by atoms with Gasteiger partial charge in [0.25, 0.3) is 5.91 Å². The molecule has 2 amide bonds. The third-order valence-electron chi connectivity index (χ3n) is 5.99. The van der Waals surface area contributed by atoms with Crippen molar-refractivity contribution < 1.29 is 14.3 Å². The second kappa shape index (κ2) is 10.0. The molecule has 2 fully saturated rings. The molecule has 0 bridgehead atoms. The van der Waals surface area contributed by atoms with E-state index in [9.17, 15) is 9.59 Å². The number of nitrogens with one attached hydrogen (secondary N) is 1. The fourth-order valence-electron chi connectivity index (χ4n) is 4.05. The van der Waals surface area contributed by atoms with Gasteiger partial charge in [-0.15, -0.1) is 0 Å². The van der Waals surface area contributed by atoms with Gasteiger partial charge >= 0.3 is 6.09 Å². The maximum Gasteiger partial charge on any atom is 0.417 e. The van der Waals surface area contributed by atoms with Gasteiger partial charge in [0.15, 0.2) is 0 Å². The third kappa shape index (κ3) is 6.16. The lowest BCUT2D eigenvalue weighted by Gasteiger charge is -2.39. The average molecular weight is 483 g/mol. The SMILES string of the molecule is CC1CN(C(=O)OC(C)(C)C)C(=O)CN1c1ccnc(Nc2ccc(N3CCN(C)CC3)cn2)n1. The lowest BCUT2D eigenvalue weighted by Crippen LogP contribution is -2.58. The van der Waals surface area contributed by atoms with Crippen LogP contribution in [0.25, 0.3) is 0 Å². The Morgan fingerprint density at radius 3 is 2.51 bits per heavy atom. The number of nitrogens with zero attached hydrogens (tertiary/aromatic N) is 7. The van der Waals surface area contributed by atoms with Gasteiger partial charge in [-0.1, -0.05) is 0 Å². The topological polar surface area (TPSA) is 107 Å². The molecule has 2 aliphatic heterocycles. The highest BCUT2D eigenvalue weighted by Gasteiger charge is 2.36. The number of amides is 2. The molecule has 1 unspecified atom stereocenters. The Morgan fingerprint density at radius 2 is 1.86 bits per heavy atom. The zero-order valence-electron chi connectivity index (χ0n) is 21.1. The number of aromatic nitrogens is 3. The number of imide groups is 1. The van der Waals surface area contributed by atoms with E-state index in [1.54, 1.807) is 33.0 Å². The van der Waals surface area contributed by atoms with E-state index in [0.717, 1.165) is 31.9 Å². The van der Waals surface area contributed by atoms with Crippen LogP contribution in [-0.4, -0.2) is 94.7 Å². The largest absolute Gasteiger partial charge is 0.443 e. The van der Waals surface area contributed by atoms with Crippen molar-refractivity contribution in [1.82, 2.24) is 24.8 Å². The number of carbonyl (C=O) groups excluding carboxylic acids is 2. The van der Waals surface area contributed by atoms with Gasteiger partial charge < -0.3 is 24.8 Å². The van der Waals surface area contributed by atoms with E-state index >= 15 is 0 Å². The summed E-state index contributed by atoms with van der Waals surface area (Å²) in [4.78, 5) is 46.2. The molecular formula is C24H34N8O3. The molecule has 188 valence electrons. The summed E-state index contributed by atoms with van der Waals surface area (Å²) < 4.78 is 5.37. The molecular weight excluding hydrogens is 448 g/mol. The van der Waals surface area contributed by atoms with Crippen molar-refractivity contribution in [3.05, 3.63) is 30.6 Å². The smallest absolute Gasteiger partial charge is 0.417 e. The van der Waals surface area contributed by atoms with Crippen LogP contribution in [0.3, 0.4) is 0 Å². The second-order valence-corrected chi connectivity index (χ2v) is 10.0. The van der Waals surface area contributed by atoms with E-state index in [2.05, 4.69) is 37.1 Å². The predicted molar refractivity (Wildman–Crippen MR) is 134 cm³/mol. The molecule has 0 aromatic carbocycles. The highest BCUT2D eigenvalue weighted by atomic mass is 16.6. The summed E-state index contributed by atoms with van der Waals surface area (Å²) in [5, 5.41) is 3.14. The van der Waals surface area contributed by atoms with Crippen LogP contribution in [0, 0.1) is 0 Å². The molecule has 1 atom stereocenters. The standard InChI is InChI=1S/C24H34N8O3/c1-17-15-32(23(34)35-24(2,3)4)21(33)16-31(17)20-8-9-25-22(28-20)27-19-7-6-18(14-26-19)30-12-10-29(5)11-13-30/h6-9,14,17H,10-13,15-16H2,1-5H3,(H,25,26,27,28). The summed E-state index contributed by atoms with van der Waals surface area (Å²) in [6.45, 7) is 11.5. The number of ether oxygens (including phenoxy) is 1. The van der Waals surface area contributed by atoms with E-state index in [-0.39, 0.29) is 25.0 Å². The van der Waals surface area contributed by atoms with Crippen LogP contribution >= 0.6 is 0 Å². The first-order chi connectivity index (χ1) is 16.6. The molecule has 11 heteroatoms. The Bertz CT molecular complexity index is 1050. The Hall–Kier alpha value is -3.47. The number of carbonyl (C=O) groups is 2. The van der Waals surface area contributed by atoms with Gasteiger partial charge in [-0.3, -0.25) is 4.79 Å². The van der Waals surface area contributed by atoms with E-state index in [0.29, 0.717) is 17.6 Å². The van der Waals surface area contributed by atoms with Crippen molar-refractivity contribution in [1.29, 1.82) is 0 Å². The zero-order valence-corrected chi connectivity index (χ0v) is 21.1. The monoisotopic (exact) mass is 482 g/mol. The summed E-state index contributed by atoms with van der Waals surface area (Å²) in [5.41, 5.74) is 0.426. The number of likely N-dealkylation sites (N-methyl/N-ethyl adjacent to an activating group) is 1. The van der Waals surface area contributed by atoms with Crippen molar-refractivity contribution in [3.63, 3.8) is 0 Å². The highest BCUT2D eigenvalue weighted by Crippen LogP contribution is 2.23. The molecule has 0 spiro atoms. The van der Waals surface area contributed by atoms with Gasteiger partial charge in [0.2, 0.25) is 5.95 Å². The van der Waals surface area contributed by atoms with Crippen LogP contribution in [0.15, 0.2) is 30.6 Å². The van der Waals surface area contributed by atoms with Gasteiger partial charge in [0.1, 0.15) is 17.2 Å². The molecule has 4 heterocycles. The maximum absolute atomic E-state index is 12.7. The average Bonchev–Trinajstić information content (AvgIpc) is 2.80. The van der Waals surface area contributed by atoms with Crippen molar-refractivity contribution in [2.75, 3.05) is 61.4 Å². The quantitative estimate of drug-likeness (QED) is 0.698. The first-order valence-corrected chi connectivity index (χ1v) is 11.9. The number of hydrogen-bond donors (Lipinski definition) is 1. The maximum atomic E-state index is 12.7. The van der Waals surface area contributed by atoms with Gasteiger partial charge in [0.05, 0.1) is 25.0 Å². The van der Waals surface area contributed by atoms with Crippen LogP contribution in [0.4, 0.5) is 28.1 Å². The minimum Gasteiger partial charge on any atom is -0.443 e. The van der Waals surface area contributed by atoms with Gasteiger partial charge in [-0.05, 0) is 52.9 Å². The van der Waals surface area contributed by atoms with Crippen molar-refractivity contribution >= 4 is 35.3 Å². The number of hydrogen-bond acceptors (Lipinski definition) is 10. The summed E-state index contributed by atoms with van der Waals surface area (Å²) in [7, 11) is 2.13. The molecule has 11 nitrogen and oxygen atoms in total. The molecule has 2 saturated heterocycles. The lowest BCUT2D eigenvalue weighted by molar-refractivity contribution is -0.130. The molecule has 35 heavy (non-hydrogen) atoms. The Balaban J connectivity index is 1.40. The van der Waals surface area contributed by atoms with Crippen LogP contribution in [0.5, 0.6) is 0 Å². The summed E-state index contributed by atoms with van der Waals surface area (Å²) >= 11 is 0. The Labute approximate surface area is 206 Å². The second-order valence-electron chi connectivity index (χ2n) is 10.0. The fraction of sp³-hybridized carbons (Fsp3) is 0.542. The molecule has 1 N–H and O–H groups in total. The number of pyridine rings is 1. The molecule has 0 radical (unpaired) electrons. The Kier molecular flexibility index (Phi) is 7.06. The van der Waals surface area contributed by atoms with E-state index in [1.807, 2.05) is 30.2 Å². The van der Waals surface area contributed by atoms with Crippen molar-refractivity contribution in [2.24, 2.45) is 0 Å². The minimum absolute atomic E-state index is 0.0227. The van der Waals surface area contributed by atoms with Crippen LogP contribution < -0.4 is 15.1 Å². The molecule has 0 saturated carbocycles. The summed E-state index contributed by atoms with van der Waals surface area (Å²) in [6.07, 6.45) is 2.87. The van der Waals surface area contributed by atoms with Crippen LogP contribution in [0.2, 0.25) is 0 Å². The highest BCUT2D eigenvalue weighted by molar-refractivity contribution is 5.95. The van der Waals surface area contributed by atoms with Gasteiger partial charge in [-0.25, -0.2) is 19.7 Å². The molecule has 4 rings (SSSR count). The Morgan fingerprint density at radius 1 is 1.11 bits per heavy atom. The summed E-state index contributed by atoms with van der Waals surface area (Å²) in [5.74, 6) is 1.29. The van der Waals surface area contributed by atoms with Gasteiger partial charge in [0, 0.05) is 38.4 Å². The molecule has 2 aromatic heterocycles. The first-order valence-electron chi connectivity index (χ1n) is 11.9. The third-order valence-corrected chi connectivity index (χ3v) is 5.99. The first kappa shape index (κ1) is 24.6. The number of piperazine rings is 2. The molecule has 2 aromatic rings. The van der Waals surface area contributed by atoms with Crippen LogP contribution in [-0.2, 0) is 9.53 Å². The lowest BCUT2D eigenvalue weighted by atomic mass is 10.2. The fourth-order valence-corrected chi connectivity index (χ4v) is 4.05. The van der Waals surface area contributed by atoms with E-state index < -0.39 is 11.7 Å². The summed E-state index contributed by atoms with van der Waals surface area (Å²) in [6, 6.07) is 5.57. The number of anilines is 4. The predicted octanol–water partition coefficient (Wildman–Crippen LogP) is 2.34. The minimum atomic E-state index is -0.665. The molecule has 2 aliphatic rings. The normalized spacial score (nSPS) is 19.6. The van der Waals surface area contributed by atoms with E-state index in [4.69, 9.17) is 4.74 Å². The van der Waals surface area contributed by atoms with Gasteiger partial charge in [-0.2, -0.15) is 4.98 Å². The van der Waals surface area contributed by atoms with Crippen molar-refractivity contribution in [2.45, 2.75) is 39.3 Å². The molecule has 0 aliphatic carbocycles. The van der Waals surface area contributed by atoms with Crippen LogP contribution in [0.1, 0.15) is 27.7 Å². The van der Waals surface area contributed by atoms with Crippen molar-refractivity contribution in [3.8, 4) is 0 Å². The van der Waals surface area contributed by atoms with E-state index in [1.165, 1.54) is 4.90 Å². The number of rotatable bonds is 4.